The van der Waals surface area contributed by atoms with Gasteiger partial charge in [-0.3, -0.25) is 4.79 Å². The minimum absolute atomic E-state index is 0.182. The summed E-state index contributed by atoms with van der Waals surface area (Å²) in [5, 5.41) is 8.70. The van der Waals surface area contributed by atoms with Gasteiger partial charge in [-0.1, -0.05) is 51.4 Å². The van der Waals surface area contributed by atoms with Gasteiger partial charge in [0.05, 0.1) is 0 Å². The molecule has 0 aliphatic carbocycles. The van der Waals surface area contributed by atoms with Crippen LogP contribution in [0.5, 0.6) is 0 Å². The zero-order valence-electron chi connectivity index (χ0n) is 16.6. The molecular weight excluding hydrogens is 328 g/mol. The predicted molar refractivity (Wildman–Crippen MR) is 106 cm³/mol. The maximum atomic E-state index is 10.6. The van der Waals surface area contributed by atoms with Gasteiger partial charge >= 0.3 is 5.97 Å². The van der Waals surface area contributed by atoms with Gasteiger partial charge in [0.1, 0.15) is 13.2 Å². The van der Waals surface area contributed by atoms with Crippen molar-refractivity contribution < 1.29 is 19.4 Å². The van der Waals surface area contributed by atoms with E-state index < -0.39 is 5.97 Å². The van der Waals surface area contributed by atoms with Crippen LogP contribution in [0.1, 0.15) is 90.9 Å². The van der Waals surface area contributed by atoms with Crippen LogP contribution in [-0.4, -0.2) is 30.6 Å². The van der Waals surface area contributed by atoms with Crippen molar-refractivity contribution in [1.29, 1.82) is 0 Å². The highest BCUT2D eigenvalue weighted by Gasteiger charge is 2.08. The summed E-state index contributed by atoms with van der Waals surface area (Å²) in [6.07, 6.45) is 10.8. The summed E-state index contributed by atoms with van der Waals surface area (Å²) in [7, 11) is 0. The van der Waals surface area contributed by atoms with Crippen LogP contribution in [0.3, 0.4) is 0 Å². The Bertz CT molecular complexity index is 418. The van der Waals surface area contributed by atoms with E-state index in [9.17, 15) is 4.79 Å². The van der Waals surface area contributed by atoms with E-state index in [0.717, 1.165) is 32.1 Å². The summed E-state index contributed by atoms with van der Waals surface area (Å²) >= 11 is 0. The van der Waals surface area contributed by atoms with Gasteiger partial charge in [0, 0.05) is 19.3 Å². The Morgan fingerprint density at radius 1 is 0.808 bits per heavy atom. The monoisotopic (exact) mass is 364 g/mol. The molecule has 0 rings (SSSR count). The number of carboxylic acids is 1. The van der Waals surface area contributed by atoms with Crippen LogP contribution in [0.2, 0.25) is 0 Å². The number of ether oxygens (including phenoxy) is 2. The second kappa shape index (κ2) is 19.8. The fourth-order valence-corrected chi connectivity index (χ4v) is 2.28. The lowest BCUT2D eigenvalue weighted by Gasteiger charge is -2.15. The minimum Gasteiger partial charge on any atom is -0.481 e. The Hall–Kier alpha value is -1.49. The fraction of sp³-hybridized carbons (Fsp3) is 0.773. The first-order chi connectivity index (χ1) is 12.7. The summed E-state index contributed by atoms with van der Waals surface area (Å²) in [4.78, 5) is 10.6. The topological polar surface area (TPSA) is 55.8 Å². The van der Waals surface area contributed by atoms with Crippen LogP contribution in [0.4, 0.5) is 0 Å². The van der Waals surface area contributed by atoms with E-state index in [1.54, 1.807) is 0 Å². The fourth-order valence-electron chi connectivity index (χ4n) is 2.28. The molecule has 0 radical (unpaired) electrons. The molecule has 0 spiro atoms. The molecule has 4 nitrogen and oxygen atoms in total. The first-order valence-corrected chi connectivity index (χ1v) is 10.1. The third-order valence-corrected chi connectivity index (χ3v) is 3.82. The lowest BCUT2D eigenvalue weighted by atomic mass is 10.2. The van der Waals surface area contributed by atoms with Crippen LogP contribution in [0.15, 0.2) is 0 Å². The summed E-state index contributed by atoms with van der Waals surface area (Å²) in [5.74, 6) is 11.5. The largest absolute Gasteiger partial charge is 0.481 e. The highest BCUT2D eigenvalue weighted by atomic mass is 16.7. The second-order valence-corrected chi connectivity index (χ2v) is 6.31. The SMILES string of the molecule is CCCCCC#CCOC(CCCCC(=O)O)OCC#CCCCCC. The van der Waals surface area contributed by atoms with Crippen molar-refractivity contribution in [1.82, 2.24) is 0 Å². The standard InChI is InChI=1S/C22H36O4/c1-3-5-7-9-11-15-19-25-22(18-14-13-17-21(23)24)26-20-16-12-10-8-6-4-2/h22H,3-10,13-14,17-20H2,1-2H3,(H,23,24). The normalized spacial score (nSPS) is 10.1. The van der Waals surface area contributed by atoms with Gasteiger partial charge in [0.25, 0.3) is 0 Å². The van der Waals surface area contributed by atoms with Crippen LogP contribution >= 0.6 is 0 Å². The summed E-state index contributed by atoms with van der Waals surface area (Å²) < 4.78 is 11.4. The van der Waals surface area contributed by atoms with E-state index in [4.69, 9.17) is 14.6 Å². The van der Waals surface area contributed by atoms with Crippen molar-refractivity contribution in [3.63, 3.8) is 0 Å². The highest BCUT2D eigenvalue weighted by molar-refractivity contribution is 5.66. The van der Waals surface area contributed by atoms with Crippen LogP contribution in [0.25, 0.3) is 0 Å². The average Bonchev–Trinajstić information content (AvgIpc) is 2.62. The number of aliphatic carboxylic acids is 1. The molecule has 0 heterocycles. The molecule has 0 saturated carbocycles. The number of carboxylic acid groups (broad SMARTS) is 1. The van der Waals surface area contributed by atoms with Crippen molar-refractivity contribution in [2.24, 2.45) is 0 Å². The van der Waals surface area contributed by atoms with Crippen molar-refractivity contribution in [3.8, 4) is 23.7 Å². The molecule has 4 heteroatoms. The molecule has 26 heavy (non-hydrogen) atoms. The van der Waals surface area contributed by atoms with E-state index in [1.807, 2.05) is 0 Å². The second-order valence-electron chi connectivity index (χ2n) is 6.31. The summed E-state index contributed by atoms with van der Waals surface area (Å²) in [6, 6.07) is 0. The molecular formula is C22H36O4. The van der Waals surface area contributed by atoms with Gasteiger partial charge in [-0.15, -0.1) is 11.8 Å². The van der Waals surface area contributed by atoms with Gasteiger partial charge in [-0.2, -0.15) is 0 Å². The van der Waals surface area contributed by atoms with E-state index >= 15 is 0 Å². The average molecular weight is 365 g/mol. The molecule has 0 atom stereocenters. The minimum atomic E-state index is -0.765. The lowest BCUT2D eigenvalue weighted by Crippen LogP contribution is -2.18. The smallest absolute Gasteiger partial charge is 0.303 e. The number of carbonyl (C=O) groups is 1. The molecule has 0 aromatic rings. The predicted octanol–water partition coefficient (Wildman–Crippen LogP) is 5.16. The number of hydrogen-bond donors (Lipinski definition) is 1. The quantitative estimate of drug-likeness (QED) is 0.248. The maximum absolute atomic E-state index is 10.6. The molecule has 0 aliphatic rings. The van der Waals surface area contributed by atoms with E-state index in [-0.39, 0.29) is 12.7 Å². The van der Waals surface area contributed by atoms with Crippen molar-refractivity contribution in [3.05, 3.63) is 0 Å². The molecule has 0 aliphatic heterocycles. The molecule has 0 aromatic heterocycles. The summed E-state index contributed by atoms with van der Waals surface area (Å²) in [5.41, 5.74) is 0. The number of rotatable bonds is 15. The van der Waals surface area contributed by atoms with Gasteiger partial charge in [-0.25, -0.2) is 0 Å². The molecule has 1 N–H and O–H groups in total. The third kappa shape index (κ3) is 18.8. The molecule has 148 valence electrons. The first-order valence-electron chi connectivity index (χ1n) is 10.1. The van der Waals surface area contributed by atoms with E-state index in [2.05, 4.69) is 37.5 Å². The van der Waals surface area contributed by atoms with Crippen LogP contribution < -0.4 is 0 Å². The van der Waals surface area contributed by atoms with Gasteiger partial charge < -0.3 is 14.6 Å². The number of unbranched alkanes of at least 4 members (excludes halogenated alkanes) is 7. The molecule has 0 aromatic carbocycles. The van der Waals surface area contributed by atoms with Crippen molar-refractivity contribution >= 4 is 5.97 Å². The molecule has 0 bridgehead atoms. The van der Waals surface area contributed by atoms with Crippen molar-refractivity contribution in [2.75, 3.05) is 13.2 Å². The molecule has 0 unspecified atom stereocenters. The Morgan fingerprint density at radius 2 is 1.35 bits per heavy atom. The zero-order valence-corrected chi connectivity index (χ0v) is 16.6. The first kappa shape index (κ1) is 24.5. The number of hydrogen-bond acceptors (Lipinski definition) is 3. The Morgan fingerprint density at radius 3 is 1.81 bits per heavy atom. The molecule has 0 saturated heterocycles. The van der Waals surface area contributed by atoms with Crippen LogP contribution in [-0.2, 0) is 14.3 Å². The Kier molecular flexibility index (Phi) is 18.7. The van der Waals surface area contributed by atoms with Crippen LogP contribution in [0, 0.1) is 23.7 Å². The highest BCUT2D eigenvalue weighted by Crippen LogP contribution is 2.08. The third-order valence-electron chi connectivity index (χ3n) is 3.82. The lowest BCUT2D eigenvalue weighted by molar-refractivity contribution is -0.138. The summed E-state index contributed by atoms with van der Waals surface area (Å²) in [6.45, 7) is 5.05. The maximum Gasteiger partial charge on any atom is 0.303 e. The van der Waals surface area contributed by atoms with E-state index in [0.29, 0.717) is 26.1 Å². The van der Waals surface area contributed by atoms with Gasteiger partial charge in [0.15, 0.2) is 6.29 Å². The molecule has 0 fully saturated rings. The van der Waals surface area contributed by atoms with Gasteiger partial charge in [-0.05, 0) is 32.1 Å². The Labute approximate surface area is 160 Å². The Balaban J connectivity index is 4.08. The van der Waals surface area contributed by atoms with E-state index in [1.165, 1.54) is 25.7 Å². The molecule has 0 amide bonds. The van der Waals surface area contributed by atoms with Gasteiger partial charge in [0.2, 0.25) is 0 Å². The van der Waals surface area contributed by atoms with Crippen molar-refractivity contribution in [2.45, 2.75) is 97.2 Å². The zero-order chi connectivity index (χ0) is 19.3.